The molecule has 10 heteroatoms. The number of fused-ring (bicyclic) bond motifs is 1. The molecule has 0 aliphatic carbocycles. The van der Waals surface area contributed by atoms with Crippen molar-refractivity contribution in [2.45, 2.75) is 18.7 Å². The minimum absolute atomic E-state index is 0.0134. The van der Waals surface area contributed by atoms with Crippen LogP contribution < -0.4 is 4.74 Å². The van der Waals surface area contributed by atoms with Crippen molar-refractivity contribution >= 4 is 22.8 Å². The van der Waals surface area contributed by atoms with E-state index in [9.17, 15) is 27.9 Å². The molecule has 1 unspecified atom stereocenters. The van der Waals surface area contributed by atoms with Gasteiger partial charge in [0.25, 0.3) is 5.91 Å². The van der Waals surface area contributed by atoms with Crippen LogP contribution in [-0.2, 0) is 9.53 Å². The van der Waals surface area contributed by atoms with Crippen molar-refractivity contribution in [3.05, 3.63) is 36.0 Å². The first-order valence-electron chi connectivity index (χ1n) is 8.35. The third-order valence-electron chi connectivity index (χ3n) is 4.30. The van der Waals surface area contributed by atoms with Gasteiger partial charge in [-0.05, 0) is 19.1 Å². The summed E-state index contributed by atoms with van der Waals surface area (Å²) in [6.07, 6.45) is -4.54. The van der Waals surface area contributed by atoms with Gasteiger partial charge in [-0.3, -0.25) is 4.79 Å². The Morgan fingerprint density at radius 3 is 2.75 bits per heavy atom. The van der Waals surface area contributed by atoms with Crippen molar-refractivity contribution < 1.29 is 37.3 Å². The molecule has 1 amide bonds. The quantitative estimate of drug-likeness (QED) is 0.851. The Kier molecular flexibility index (Phi) is 5.16. The van der Waals surface area contributed by atoms with Gasteiger partial charge in [-0.1, -0.05) is 12.1 Å². The van der Waals surface area contributed by atoms with E-state index in [4.69, 9.17) is 9.47 Å². The standard InChI is InChI=1S/C18H17F3N2O5/c1-17(16(25)26)9-23(6-7-28-17)15(24)13-8-14(27-10-18(19,20)21)11-4-2-3-5-12(11)22-13/h2-5,8H,6-7,9-10H2,1H3,(H,25,26). The van der Waals surface area contributed by atoms with Crippen LogP contribution in [0.1, 0.15) is 17.4 Å². The molecule has 2 aromatic rings. The Bertz CT molecular complexity index is 918. The number of hydrogen-bond donors (Lipinski definition) is 1. The average molecular weight is 398 g/mol. The molecule has 0 spiro atoms. The third-order valence-corrected chi connectivity index (χ3v) is 4.30. The van der Waals surface area contributed by atoms with Crippen LogP contribution in [-0.4, -0.2) is 64.9 Å². The zero-order valence-corrected chi connectivity index (χ0v) is 14.8. The number of benzene rings is 1. The summed E-state index contributed by atoms with van der Waals surface area (Å²) in [5.74, 6) is -1.95. The van der Waals surface area contributed by atoms with E-state index in [1.54, 1.807) is 24.3 Å². The zero-order chi connectivity index (χ0) is 20.5. The molecule has 1 N–H and O–H groups in total. The molecule has 2 heterocycles. The van der Waals surface area contributed by atoms with E-state index >= 15 is 0 Å². The average Bonchev–Trinajstić information content (AvgIpc) is 2.64. The molecule has 150 valence electrons. The largest absolute Gasteiger partial charge is 0.483 e. The van der Waals surface area contributed by atoms with E-state index < -0.39 is 30.3 Å². The lowest BCUT2D eigenvalue weighted by molar-refractivity contribution is -0.171. The molecule has 7 nitrogen and oxygen atoms in total. The van der Waals surface area contributed by atoms with E-state index in [1.807, 2.05) is 0 Å². The van der Waals surface area contributed by atoms with Gasteiger partial charge in [-0.15, -0.1) is 0 Å². The molecule has 3 rings (SSSR count). The summed E-state index contributed by atoms with van der Waals surface area (Å²) in [6.45, 7) is -0.230. The van der Waals surface area contributed by atoms with E-state index in [2.05, 4.69) is 4.98 Å². The van der Waals surface area contributed by atoms with Gasteiger partial charge in [0, 0.05) is 18.0 Å². The number of carbonyl (C=O) groups excluding carboxylic acids is 1. The number of carboxylic acids is 1. The van der Waals surface area contributed by atoms with E-state index in [-0.39, 0.29) is 31.1 Å². The monoisotopic (exact) mass is 398 g/mol. The number of aliphatic carboxylic acids is 1. The fraction of sp³-hybridized carbons (Fsp3) is 0.389. The molecule has 1 aromatic heterocycles. The lowest BCUT2D eigenvalue weighted by Crippen LogP contribution is -2.56. The maximum absolute atomic E-state index is 12.8. The summed E-state index contributed by atoms with van der Waals surface area (Å²) >= 11 is 0. The van der Waals surface area contributed by atoms with E-state index in [1.165, 1.54) is 11.8 Å². The number of carbonyl (C=O) groups is 2. The molecular formula is C18H17F3N2O5. The summed E-state index contributed by atoms with van der Waals surface area (Å²) in [4.78, 5) is 29.7. The molecule has 0 bridgehead atoms. The van der Waals surface area contributed by atoms with Gasteiger partial charge in [-0.25, -0.2) is 9.78 Å². The fourth-order valence-corrected chi connectivity index (χ4v) is 2.87. The summed E-state index contributed by atoms with van der Waals surface area (Å²) in [5.41, 5.74) is -1.41. The molecule has 1 aromatic carbocycles. The van der Waals surface area contributed by atoms with Crippen LogP contribution in [0.3, 0.4) is 0 Å². The third kappa shape index (κ3) is 4.16. The van der Waals surface area contributed by atoms with Crippen molar-refractivity contribution in [2.24, 2.45) is 0 Å². The van der Waals surface area contributed by atoms with Crippen LogP contribution in [0.15, 0.2) is 30.3 Å². The summed E-state index contributed by atoms with van der Waals surface area (Å²) < 4.78 is 47.8. The predicted octanol–water partition coefficient (Wildman–Crippen LogP) is 2.49. The SMILES string of the molecule is CC1(C(=O)O)CN(C(=O)c2cc(OCC(F)(F)F)c3ccccc3n2)CCO1. The Morgan fingerprint density at radius 2 is 2.07 bits per heavy atom. The van der Waals surface area contributed by atoms with Crippen molar-refractivity contribution in [3.63, 3.8) is 0 Å². The number of aromatic nitrogens is 1. The molecule has 0 radical (unpaired) electrons. The Hall–Kier alpha value is -2.88. The molecule has 1 fully saturated rings. The first-order chi connectivity index (χ1) is 13.1. The normalized spacial score (nSPS) is 20.2. The number of ether oxygens (including phenoxy) is 2. The van der Waals surface area contributed by atoms with Crippen LogP contribution in [0.5, 0.6) is 5.75 Å². The Morgan fingerprint density at radius 1 is 1.36 bits per heavy atom. The van der Waals surface area contributed by atoms with Gasteiger partial charge in [0.2, 0.25) is 0 Å². The van der Waals surface area contributed by atoms with Crippen LogP contribution in [0.4, 0.5) is 13.2 Å². The molecule has 1 saturated heterocycles. The lowest BCUT2D eigenvalue weighted by atomic mass is 10.0. The summed E-state index contributed by atoms with van der Waals surface area (Å²) in [6, 6.07) is 7.48. The molecule has 28 heavy (non-hydrogen) atoms. The number of amides is 1. The molecule has 1 aliphatic heterocycles. The number of para-hydroxylation sites is 1. The van der Waals surface area contributed by atoms with Crippen LogP contribution >= 0.6 is 0 Å². The highest BCUT2D eigenvalue weighted by molar-refractivity contribution is 5.97. The van der Waals surface area contributed by atoms with Gasteiger partial charge in [0.15, 0.2) is 12.2 Å². The highest BCUT2D eigenvalue weighted by Gasteiger charge is 2.41. The van der Waals surface area contributed by atoms with Gasteiger partial charge >= 0.3 is 12.1 Å². The summed E-state index contributed by atoms with van der Waals surface area (Å²) in [7, 11) is 0. The molecule has 1 aliphatic rings. The van der Waals surface area contributed by atoms with Crippen molar-refractivity contribution in [1.82, 2.24) is 9.88 Å². The van der Waals surface area contributed by atoms with E-state index in [0.29, 0.717) is 10.9 Å². The first-order valence-corrected chi connectivity index (χ1v) is 8.35. The van der Waals surface area contributed by atoms with Crippen molar-refractivity contribution in [3.8, 4) is 5.75 Å². The van der Waals surface area contributed by atoms with Crippen molar-refractivity contribution in [2.75, 3.05) is 26.3 Å². The number of rotatable bonds is 4. The summed E-state index contributed by atoms with van der Waals surface area (Å²) in [5, 5.41) is 9.63. The molecular weight excluding hydrogens is 381 g/mol. The Labute approximate surface area is 157 Å². The minimum Gasteiger partial charge on any atom is -0.483 e. The maximum atomic E-state index is 12.8. The second-order valence-corrected chi connectivity index (χ2v) is 6.54. The number of alkyl halides is 3. The Balaban J connectivity index is 1.94. The maximum Gasteiger partial charge on any atom is 0.422 e. The smallest absolute Gasteiger partial charge is 0.422 e. The minimum atomic E-state index is -4.54. The number of morpholine rings is 1. The number of halogens is 3. The highest BCUT2D eigenvalue weighted by Crippen LogP contribution is 2.28. The number of nitrogens with zero attached hydrogens (tertiary/aromatic N) is 2. The van der Waals surface area contributed by atoms with Crippen LogP contribution in [0, 0.1) is 0 Å². The van der Waals surface area contributed by atoms with Gasteiger partial charge in [0.05, 0.1) is 18.7 Å². The predicted molar refractivity (Wildman–Crippen MR) is 91.2 cm³/mol. The lowest BCUT2D eigenvalue weighted by Gasteiger charge is -2.37. The first kappa shape index (κ1) is 19.9. The fourth-order valence-electron chi connectivity index (χ4n) is 2.87. The second kappa shape index (κ2) is 7.27. The number of hydrogen-bond acceptors (Lipinski definition) is 5. The zero-order valence-electron chi connectivity index (χ0n) is 14.8. The number of pyridine rings is 1. The van der Waals surface area contributed by atoms with Gasteiger partial charge < -0.3 is 19.5 Å². The molecule has 0 saturated carbocycles. The van der Waals surface area contributed by atoms with Crippen LogP contribution in [0.2, 0.25) is 0 Å². The molecule has 1 atom stereocenters. The second-order valence-electron chi connectivity index (χ2n) is 6.54. The highest BCUT2D eigenvalue weighted by atomic mass is 19.4. The van der Waals surface area contributed by atoms with Gasteiger partial charge in [0.1, 0.15) is 11.4 Å². The number of carboxylic acid groups (broad SMARTS) is 1. The van der Waals surface area contributed by atoms with Crippen LogP contribution in [0.25, 0.3) is 10.9 Å². The van der Waals surface area contributed by atoms with Gasteiger partial charge in [-0.2, -0.15) is 13.2 Å². The topological polar surface area (TPSA) is 89.0 Å². The van der Waals surface area contributed by atoms with E-state index in [0.717, 1.165) is 6.07 Å². The van der Waals surface area contributed by atoms with Crippen molar-refractivity contribution in [1.29, 1.82) is 0 Å².